The van der Waals surface area contributed by atoms with Gasteiger partial charge in [-0.1, -0.05) is 43.3 Å². The molecule has 7 rings (SSSR count). The van der Waals surface area contributed by atoms with Crippen molar-refractivity contribution >= 4 is 29.0 Å². The van der Waals surface area contributed by atoms with Gasteiger partial charge in [0.2, 0.25) is 5.82 Å². The van der Waals surface area contributed by atoms with E-state index in [1.54, 1.807) is 17.0 Å². The molecule has 0 aliphatic carbocycles. The maximum Gasteiger partial charge on any atom is 0.354 e. The van der Waals surface area contributed by atoms with Crippen LogP contribution in [-0.2, 0) is 5.41 Å². The Labute approximate surface area is 243 Å². The lowest BCUT2D eigenvalue weighted by Gasteiger charge is -2.26. The Bertz CT molecular complexity index is 1690. The predicted octanol–water partition coefficient (Wildman–Crippen LogP) is 3.44. The zero-order valence-corrected chi connectivity index (χ0v) is 23.5. The summed E-state index contributed by atoms with van der Waals surface area (Å²) < 4.78 is 1.51. The molecule has 0 bridgehead atoms. The SMILES string of the molecule is C[C@]1(c2ccccc2)CCN(c2cc(O)c3nc(C(=O)N4CC[C@@]5(CCN(c6cccc(C(=O)O)n6)C5)C4)nn3c2)C1. The standard InChI is InChI=1S/C31H33N7O4/c1-30(21-6-3-2-4-7-21)10-13-35(18-30)22-16-24(39)27-33-26(34-38(27)17-22)28(40)37-15-12-31(20-37)11-14-36(19-31)25-9-5-8-23(32-25)29(41)42/h2-9,16-17,39H,10-15,18-20H2,1H3,(H,41,42)/t30-,31+/m0/s1. The minimum Gasteiger partial charge on any atom is -0.504 e. The van der Waals surface area contributed by atoms with Crippen LogP contribution in [0.1, 0.15) is 52.9 Å². The molecule has 0 radical (unpaired) electrons. The van der Waals surface area contributed by atoms with Gasteiger partial charge in [-0.15, -0.1) is 5.10 Å². The van der Waals surface area contributed by atoms with Crippen LogP contribution in [-0.4, -0.2) is 85.8 Å². The quantitative estimate of drug-likeness (QED) is 0.373. The van der Waals surface area contributed by atoms with E-state index in [1.165, 1.54) is 16.1 Å². The molecule has 3 fully saturated rings. The number of amides is 1. The van der Waals surface area contributed by atoms with Gasteiger partial charge in [0, 0.05) is 56.2 Å². The number of nitrogens with zero attached hydrogens (tertiary/aromatic N) is 7. The second-order valence-electron chi connectivity index (χ2n) is 12.2. The van der Waals surface area contributed by atoms with Gasteiger partial charge in [0.15, 0.2) is 17.1 Å². The molecule has 11 heteroatoms. The number of benzene rings is 1. The summed E-state index contributed by atoms with van der Waals surface area (Å²) in [6.45, 7) is 6.54. The Morgan fingerprint density at radius 3 is 2.48 bits per heavy atom. The number of anilines is 2. The zero-order valence-electron chi connectivity index (χ0n) is 23.5. The van der Waals surface area contributed by atoms with E-state index in [2.05, 4.69) is 56.1 Å². The first-order valence-corrected chi connectivity index (χ1v) is 14.4. The number of aromatic nitrogens is 4. The van der Waals surface area contributed by atoms with Crippen molar-refractivity contribution < 1.29 is 19.8 Å². The molecule has 3 aromatic heterocycles. The Hall–Kier alpha value is -4.67. The first-order chi connectivity index (χ1) is 20.2. The van der Waals surface area contributed by atoms with Crippen LogP contribution in [0.25, 0.3) is 5.65 Å². The van der Waals surface area contributed by atoms with E-state index in [-0.39, 0.29) is 39.7 Å². The number of aromatic hydroxyl groups is 1. The van der Waals surface area contributed by atoms with Crippen molar-refractivity contribution in [1.29, 1.82) is 0 Å². The molecule has 2 atom stereocenters. The highest BCUT2D eigenvalue weighted by molar-refractivity contribution is 5.91. The minimum absolute atomic E-state index is 0.00593. The van der Waals surface area contributed by atoms with Crippen molar-refractivity contribution in [3.05, 3.63) is 77.9 Å². The van der Waals surface area contributed by atoms with Crippen molar-refractivity contribution in [2.24, 2.45) is 5.41 Å². The van der Waals surface area contributed by atoms with E-state index < -0.39 is 5.97 Å². The number of carboxylic acids is 1. The van der Waals surface area contributed by atoms with E-state index in [9.17, 15) is 19.8 Å². The lowest BCUT2D eigenvalue weighted by molar-refractivity contribution is 0.0689. The van der Waals surface area contributed by atoms with Gasteiger partial charge in [0.1, 0.15) is 5.82 Å². The molecule has 1 amide bonds. The van der Waals surface area contributed by atoms with E-state index in [4.69, 9.17) is 0 Å². The highest BCUT2D eigenvalue weighted by Crippen LogP contribution is 2.41. The van der Waals surface area contributed by atoms with Crippen molar-refractivity contribution in [1.82, 2.24) is 24.5 Å². The van der Waals surface area contributed by atoms with Gasteiger partial charge >= 0.3 is 5.97 Å². The topological polar surface area (TPSA) is 127 Å². The number of hydrogen-bond donors (Lipinski definition) is 2. The zero-order chi connectivity index (χ0) is 29.1. The maximum absolute atomic E-state index is 13.5. The van der Waals surface area contributed by atoms with Crippen molar-refractivity contribution in [3.63, 3.8) is 0 Å². The third-order valence-corrected chi connectivity index (χ3v) is 9.34. The molecule has 4 aromatic rings. The molecule has 0 saturated carbocycles. The number of hydrogen-bond acceptors (Lipinski definition) is 8. The second-order valence-corrected chi connectivity index (χ2v) is 12.2. The third kappa shape index (κ3) is 4.49. The first kappa shape index (κ1) is 26.2. The largest absolute Gasteiger partial charge is 0.504 e. The summed E-state index contributed by atoms with van der Waals surface area (Å²) in [4.78, 5) is 39.7. The van der Waals surface area contributed by atoms with Gasteiger partial charge in [0.25, 0.3) is 5.91 Å². The number of carboxylic acid groups (broad SMARTS) is 1. The summed E-state index contributed by atoms with van der Waals surface area (Å²) in [7, 11) is 0. The number of rotatable bonds is 5. The van der Waals surface area contributed by atoms with E-state index in [0.717, 1.165) is 44.6 Å². The lowest BCUT2D eigenvalue weighted by Crippen LogP contribution is -2.34. The van der Waals surface area contributed by atoms with Gasteiger partial charge in [0.05, 0.1) is 11.9 Å². The Morgan fingerprint density at radius 2 is 1.67 bits per heavy atom. The number of pyridine rings is 2. The number of fused-ring (bicyclic) bond motifs is 1. The van der Waals surface area contributed by atoms with Crippen LogP contribution in [0.2, 0.25) is 0 Å². The highest BCUT2D eigenvalue weighted by Gasteiger charge is 2.46. The molecular formula is C31H33N7O4. The number of aromatic carboxylic acids is 1. The number of likely N-dealkylation sites (tertiary alicyclic amines) is 1. The molecule has 3 aliphatic rings. The summed E-state index contributed by atoms with van der Waals surface area (Å²) in [5, 5.41) is 24.7. The monoisotopic (exact) mass is 567 g/mol. The number of carbonyl (C=O) groups is 2. The fraction of sp³-hybridized carbons (Fsp3) is 0.387. The number of carbonyl (C=O) groups excluding carboxylic acids is 1. The summed E-state index contributed by atoms with van der Waals surface area (Å²) in [5.41, 5.74) is 2.34. The van der Waals surface area contributed by atoms with Crippen LogP contribution >= 0.6 is 0 Å². The summed E-state index contributed by atoms with van der Waals surface area (Å²) in [6, 6.07) is 17.2. The van der Waals surface area contributed by atoms with Crippen molar-refractivity contribution in [2.45, 2.75) is 31.6 Å². The van der Waals surface area contributed by atoms with Gasteiger partial charge in [-0.2, -0.15) is 4.98 Å². The van der Waals surface area contributed by atoms with Crippen LogP contribution in [0.5, 0.6) is 5.75 Å². The molecule has 1 spiro atoms. The summed E-state index contributed by atoms with van der Waals surface area (Å²) in [6.07, 6.45) is 4.56. The molecule has 11 nitrogen and oxygen atoms in total. The Kier molecular flexibility index (Phi) is 6.07. The van der Waals surface area contributed by atoms with E-state index >= 15 is 0 Å². The van der Waals surface area contributed by atoms with Crippen LogP contribution in [0.3, 0.4) is 0 Å². The molecule has 3 aliphatic heterocycles. The van der Waals surface area contributed by atoms with Crippen molar-refractivity contribution in [2.75, 3.05) is 49.1 Å². The van der Waals surface area contributed by atoms with Crippen LogP contribution in [0, 0.1) is 5.41 Å². The van der Waals surface area contributed by atoms with Crippen LogP contribution in [0.4, 0.5) is 11.5 Å². The van der Waals surface area contributed by atoms with Gasteiger partial charge in [-0.3, -0.25) is 4.79 Å². The van der Waals surface area contributed by atoms with Gasteiger partial charge in [-0.05, 0) is 37.0 Å². The average Bonchev–Trinajstić information content (AvgIpc) is 3.80. The lowest BCUT2D eigenvalue weighted by atomic mass is 9.82. The molecule has 2 N–H and O–H groups in total. The normalized spacial score (nSPS) is 23.9. The Morgan fingerprint density at radius 1 is 0.881 bits per heavy atom. The first-order valence-electron chi connectivity index (χ1n) is 14.4. The molecular weight excluding hydrogens is 534 g/mol. The smallest absolute Gasteiger partial charge is 0.354 e. The fourth-order valence-corrected chi connectivity index (χ4v) is 6.91. The fourth-order valence-electron chi connectivity index (χ4n) is 6.91. The second kappa shape index (κ2) is 9.71. The molecule has 3 saturated heterocycles. The van der Waals surface area contributed by atoms with Gasteiger partial charge in [-0.25, -0.2) is 14.3 Å². The van der Waals surface area contributed by atoms with Crippen molar-refractivity contribution in [3.8, 4) is 5.75 Å². The molecule has 6 heterocycles. The highest BCUT2D eigenvalue weighted by atomic mass is 16.4. The predicted molar refractivity (Wildman–Crippen MR) is 156 cm³/mol. The minimum atomic E-state index is -1.05. The third-order valence-electron chi connectivity index (χ3n) is 9.34. The van der Waals surface area contributed by atoms with Crippen LogP contribution < -0.4 is 9.80 Å². The molecule has 216 valence electrons. The summed E-state index contributed by atoms with van der Waals surface area (Å²) >= 11 is 0. The molecule has 42 heavy (non-hydrogen) atoms. The van der Waals surface area contributed by atoms with E-state index in [0.29, 0.717) is 25.5 Å². The summed E-state index contributed by atoms with van der Waals surface area (Å²) in [5.74, 6) is -0.591. The Balaban J connectivity index is 1.06. The maximum atomic E-state index is 13.5. The molecule has 0 unspecified atom stereocenters. The van der Waals surface area contributed by atoms with Gasteiger partial charge < -0.3 is 24.9 Å². The molecule has 1 aromatic carbocycles. The average molecular weight is 568 g/mol. The van der Waals surface area contributed by atoms with E-state index in [1.807, 2.05) is 18.3 Å². The van der Waals surface area contributed by atoms with Crippen LogP contribution in [0.15, 0.2) is 60.8 Å².